The fourth-order valence-corrected chi connectivity index (χ4v) is 1.62. The highest BCUT2D eigenvalue weighted by atomic mass is 32.2. The Morgan fingerprint density at radius 2 is 2.29 bits per heavy atom. The molecule has 0 aromatic rings. The van der Waals surface area contributed by atoms with E-state index in [1.807, 2.05) is 0 Å². The van der Waals surface area contributed by atoms with Crippen LogP contribution >= 0.6 is 11.8 Å². The first-order chi connectivity index (χ1) is 6.81. The maximum Gasteiger partial charge on any atom is 0.220 e. The topological polar surface area (TPSA) is 46.2 Å². The highest BCUT2D eigenvalue weighted by molar-refractivity contribution is 7.99. The van der Waals surface area contributed by atoms with Crippen LogP contribution in [0.5, 0.6) is 0 Å². The third-order valence-electron chi connectivity index (χ3n) is 1.46. The molecule has 0 rings (SSSR count). The van der Waals surface area contributed by atoms with Crippen LogP contribution < -0.4 is 5.32 Å². The number of hydrogen-bond donors (Lipinski definition) is 1. The Bertz CT molecular complexity index is 211. The van der Waals surface area contributed by atoms with Gasteiger partial charge in [-0.2, -0.15) is 11.8 Å². The molecule has 0 bridgehead atoms. The monoisotopic (exact) mass is 213 g/mol. The number of thioether (sulfide) groups is 1. The Morgan fingerprint density at radius 1 is 1.50 bits per heavy atom. The van der Waals surface area contributed by atoms with Gasteiger partial charge in [-0.3, -0.25) is 4.79 Å². The van der Waals surface area contributed by atoms with Gasteiger partial charge in [0.05, 0.1) is 6.54 Å². The summed E-state index contributed by atoms with van der Waals surface area (Å²) in [6.07, 6.45) is 7.83. The summed E-state index contributed by atoms with van der Waals surface area (Å²) >= 11 is 1.69. The number of carbonyl (C=O) groups is 2. The SMILES string of the molecule is C#CCNC(=O)CCCSCCC=O. The Morgan fingerprint density at radius 3 is 2.93 bits per heavy atom. The fourth-order valence-electron chi connectivity index (χ4n) is 0.806. The molecule has 0 aliphatic carbocycles. The van der Waals surface area contributed by atoms with Crippen molar-refractivity contribution >= 4 is 24.0 Å². The average Bonchev–Trinajstić information content (AvgIpc) is 2.20. The van der Waals surface area contributed by atoms with E-state index in [-0.39, 0.29) is 5.91 Å². The van der Waals surface area contributed by atoms with Crippen molar-refractivity contribution in [1.29, 1.82) is 0 Å². The Kier molecular flexibility index (Phi) is 9.45. The molecule has 0 aliphatic rings. The molecule has 0 spiro atoms. The molecule has 0 heterocycles. The molecule has 0 aliphatic heterocycles. The average molecular weight is 213 g/mol. The van der Waals surface area contributed by atoms with Crippen molar-refractivity contribution < 1.29 is 9.59 Å². The van der Waals surface area contributed by atoms with Crippen LogP contribution in [0.4, 0.5) is 0 Å². The van der Waals surface area contributed by atoms with Gasteiger partial charge in [-0.05, 0) is 17.9 Å². The zero-order valence-corrected chi connectivity index (χ0v) is 8.94. The first-order valence-corrected chi connectivity index (χ1v) is 5.68. The predicted molar refractivity (Wildman–Crippen MR) is 59.1 cm³/mol. The van der Waals surface area contributed by atoms with E-state index in [2.05, 4.69) is 11.2 Å². The summed E-state index contributed by atoms with van der Waals surface area (Å²) in [5.74, 6) is 4.10. The minimum Gasteiger partial charge on any atom is -0.345 e. The second kappa shape index (κ2) is 10.1. The third kappa shape index (κ3) is 9.14. The Balaban J connectivity index is 3.15. The van der Waals surface area contributed by atoms with Gasteiger partial charge in [-0.1, -0.05) is 5.92 Å². The van der Waals surface area contributed by atoms with E-state index in [1.54, 1.807) is 11.8 Å². The molecule has 0 unspecified atom stereocenters. The molecule has 1 amide bonds. The van der Waals surface area contributed by atoms with E-state index in [9.17, 15) is 9.59 Å². The smallest absolute Gasteiger partial charge is 0.220 e. The molecule has 0 saturated heterocycles. The van der Waals surface area contributed by atoms with Crippen LogP contribution in [0.15, 0.2) is 0 Å². The molecule has 0 aromatic heterocycles. The lowest BCUT2D eigenvalue weighted by Crippen LogP contribution is -2.23. The number of terminal acetylenes is 1. The van der Waals surface area contributed by atoms with Gasteiger partial charge >= 0.3 is 0 Å². The predicted octanol–water partition coefficient (Wildman–Crippen LogP) is 0.838. The third-order valence-corrected chi connectivity index (χ3v) is 2.56. The number of rotatable bonds is 8. The van der Waals surface area contributed by atoms with Crippen LogP contribution in [0.2, 0.25) is 0 Å². The zero-order valence-electron chi connectivity index (χ0n) is 8.12. The first-order valence-electron chi connectivity index (χ1n) is 4.52. The van der Waals surface area contributed by atoms with Gasteiger partial charge in [0.2, 0.25) is 5.91 Å². The molecule has 0 fully saturated rings. The first kappa shape index (κ1) is 13.1. The van der Waals surface area contributed by atoms with Crippen LogP contribution in [0.25, 0.3) is 0 Å². The molecule has 14 heavy (non-hydrogen) atoms. The summed E-state index contributed by atoms with van der Waals surface area (Å²) in [5, 5.41) is 2.59. The number of aldehydes is 1. The lowest BCUT2D eigenvalue weighted by Gasteiger charge is -2.00. The highest BCUT2D eigenvalue weighted by Gasteiger charge is 1.98. The van der Waals surface area contributed by atoms with Crippen LogP contribution in [-0.2, 0) is 9.59 Å². The lowest BCUT2D eigenvalue weighted by molar-refractivity contribution is -0.120. The summed E-state index contributed by atoms with van der Waals surface area (Å²) in [4.78, 5) is 21.0. The summed E-state index contributed by atoms with van der Waals surface area (Å²) in [6.45, 7) is 0.303. The van der Waals surface area contributed by atoms with Gasteiger partial charge in [0, 0.05) is 12.8 Å². The maximum atomic E-state index is 11.0. The number of carbonyl (C=O) groups excluding carboxylic acids is 2. The van der Waals surface area contributed by atoms with Crippen molar-refractivity contribution in [2.45, 2.75) is 19.3 Å². The Labute approximate surface area is 89.0 Å². The van der Waals surface area contributed by atoms with Gasteiger partial charge < -0.3 is 10.1 Å². The number of hydrogen-bond acceptors (Lipinski definition) is 3. The normalized spacial score (nSPS) is 9.07. The number of nitrogens with one attached hydrogen (secondary N) is 1. The quantitative estimate of drug-likeness (QED) is 0.369. The van der Waals surface area contributed by atoms with E-state index >= 15 is 0 Å². The van der Waals surface area contributed by atoms with Crippen molar-refractivity contribution in [1.82, 2.24) is 5.32 Å². The summed E-state index contributed by atoms with van der Waals surface area (Å²) in [7, 11) is 0. The van der Waals surface area contributed by atoms with Crippen LogP contribution in [0.3, 0.4) is 0 Å². The summed E-state index contributed by atoms with van der Waals surface area (Å²) in [6, 6.07) is 0. The van der Waals surface area contributed by atoms with Gasteiger partial charge in [-0.15, -0.1) is 6.42 Å². The molecule has 1 N–H and O–H groups in total. The van der Waals surface area contributed by atoms with Crippen molar-refractivity contribution in [3.05, 3.63) is 0 Å². The summed E-state index contributed by atoms with van der Waals surface area (Å²) in [5.41, 5.74) is 0. The van der Waals surface area contributed by atoms with Gasteiger partial charge in [0.15, 0.2) is 0 Å². The van der Waals surface area contributed by atoms with Crippen LogP contribution in [0, 0.1) is 12.3 Å². The van der Waals surface area contributed by atoms with E-state index in [4.69, 9.17) is 6.42 Å². The molecular formula is C10H15NO2S. The molecule has 0 saturated carbocycles. The van der Waals surface area contributed by atoms with Crippen molar-refractivity contribution in [3.8, 4) is 12.3 Å². The second-order valence-corrected chi connectivity index (χ2v) is 3.88. The van der Waals surface area contributed by atoms with Crippen LogP contribution in [0.1, 0.15) is 19.3 Å². The van der Waals surface area contributed by atoms with Crippen molar-refractivity contribution in [3.63, 3.8) is 0 Å². The van der Waals surface area contributed by atoms with Crippen LogP contribution in [-0.4, -0.2) is 30.2 Å². The molecule has 78 valence electrons. The van der Waals surface area contributed by atoms with Crippen molar-refractivity contribution in [2.24, 2.45) is 0 Å². The molecule has 4 heteroatoms. The molecule has 3 nitrogen and oxygen atoms in total. The van der Waals surface area contributed by atoms with E-state index in [0.717, 1.165) is 24.2 Å². The minimum atomic E-state index is -0.000984. The molecule has 0 atom stereocenters. The number of amides is 1. The highest BCUT2D eigenvalue weighted by Crippen LogP contribution is 2.05. The van der Waals surface area contributed by atoms with E-state index in [1.165, 1.54) is 0 Å². The maximum absolute atomic E-state index is 11.0. The standard InChI is InChI=1S/C10H15NO2S/c1-2-6-11-10(13)5-3-8-14-9-4-7-12/h1,7H,3-6,8-9H2,(H,11,13). The minimum absolute atomic E-state index is 0.000984. The van der Waals surface area contributed by atoms with Gasteiger partial charge in [0.1, 0.15) is 6.29 Å². The van der Waals surface area contributed by atoms with Crippen molar-refractivity contribution in [2.75, 3.05) is 18.1 Å². The molecule has 0 radical (unpaired) electrons. The Hall–Kier alpha value is -0.950. The van der Waals surface area contributed by atoms with E-state index < -0.39 is 0 Å². The van der Waals surface area contributed by atoms with Gasteiger partial charge in [-0.25, -0.2) is 0 Å². The molecule has 0 aromatic carbocycles. The lowest BCUT2D eigenvalue weighted by atomic mass is 10.3. The summed E-state index contributed by atoms with van der Waals surface area (Å²) < 4.78 is 0. The molecular weight excluding hydrogens is 198 g/mol. The second-order valence-electron chi connectivity index (χ2n) is 2.65. The fraction of sp³-hybridized carbons (Fsp3) is 0.600. The van der Waals surface area contributed by atoms with Gasteiger partial charge in [0.25, 0.3) is 0 Å². The van der Waals surface area contributed by atoms with E-state index in [0.29, 0.717) is 19.4 Å². The zero-order chi connectivity index (χ0) is 10.6. The largest absolute Gasteiger partial charge is 0.345 e.